The zero-order chi connectivity index (χ0) is 21.9. The molecule has 0 atom stereocenters. The van der Waals surface area contributed by atoms with Gasteiger partial charge in [0.1, 0.15) is 11.6 Å². The fourth-order valence-electron chi connectivity index (χ4n) is 4.71. The molecule has 2 saturated heterocycles. The maximum Gasteiger partial charge on any atom is 0.325 e. The van der Waals surface area contributed by atoms with E-state index in [2.05, 4.69) is 61.6 Å². The Morgan fingerprint density at radius 3 is 2.45 bits per heavy atom. The van der Waals surface area contributed by atoms with Gasteiger partial charge in [-0.3, -0.25) is 4.90 Å². The Morgan fingerprint density at radius 1 is 1.03 bits per heavy atom. The summed E-state index contributed by atoms with van der Waals surface area (Å²) >= 11 is 0. The molecule has 0 radical (unpaired) electrons. The fraction of sp³-hybridized carbons (Fsp3) is 0.458. The van der Waals surface area contributed by atoms with E-state index in [1.54, 1.807) is 0 Å². The third-order valence-corrected chi connectivity index (χ3v) is 6.45. The van der Waals surface area contributed by atoms with Gasteiger partial charge in [0.25, 0.3) is 0 Å². The number of fused-ring (bicyclic) bond motifs is 1. The van der Waals surface area contributed by atoms with Crippen molar-refractivity contribution in [1.82, 2.24) is 19.4 Å². The molecule has 2 aliphatic heterocycles. The number of carbonyl (C=O) groups is 1. The molecule has 5 rings (SSSR count). The molecule has 0 spiro atoms. The van der Waals surface area contributed by atoms with E-state index in [0.717, 1.165) is 48.2 Å². The van der Waals surface area contributed by atoms with Crippen molar-refractivity contribution >= 4 is 28.6 Å². The van der Waals surface area contributed by atoms with E-state index in [1.165, 1.54) is 5.52 Å². The summed E-state index contributed by atoms with van der Waals surface area (Å²) in [6.07, 6.45) is 0. The number of imidazole rings is 1. The number of pyridine rings is 1. The monoisotopic (exact) mass is 418 g/mol. The molecule has 31 heavy (non-hydrogen) atoms. The third kappa shape index (κ3) is 3.32. The minimum atomic E-state index is -0.174. The van der Waals surface area contributed by atoms with Gasteiger partial charge < -0.3 is 14.4 Å². The van der Waals surface area contributed by atoms with Gasteiger partial charge in [-0.1, -0.05) is 12.1 Å². The van der Waals surface area contributed by atoms with Crippen LogP contribution in [0.5, 0.6) is 0 Å². The number of aryl methyl sites for hydroxylation is 2. The molecule has 7 nitrogen and oxygen atoms in total. The molecule has 2 fully saturated rings. The van der Waals surface area contributed by atoms with Crippen LogP contribution in [0.25, 0.3) is 11.0 Å². The molecular weight excluding hydrogens is 388 g/mol. The second-order valence-electron chi connectivity index (χ2n) is 9.70. The molecule has 4 heterocycles. The van der Waals surface area contributed by atoms with Crippen LogP contribution in [0.3, 0.4) is 0 Å². The number of carbonyl (C=O) groups excluding carboxylic acids is 1. The Morgan fingerprint density at radius 2 is 1.77 bits per heavy atom. The smallest absolute Gasteiger partial charge is 0.325 e. The van der Waals surface area contributed by atoms with Crippen molar-refractivity contribution in [1.29, 1.82) is 0 Å². The van der Waals surface area contributed by atoms with Gasteiger partial charge in [0.15, 0.2) is 0 Å². The van der Waals surface area contributed by atoms with Crippen molar-refractivity contribution in [2.24, 2.45) is 7.05 Å². The molecule has 0 N–H and O–H groups in total. The molecule has 2 amide bonds. The Hall–Kier alpha value is -3.09. The number of amides is 2. The standard InChI is InChI=1S/C24H30N6O/c1-16-12-18(29-10-11-30(23(29)31)24(2,3)4)13-21(25-16)28-14-17(15-28)22-26-19-8-6-7-9-20(19)27(22)5/h6-9,12-13,17H,10-11,14-15H2,1-5H3. The molecular formula is C24H30N6O. The third-order valence-electron chi connectivity index (χ3n) is 6.45. The zero-order valence-corrected chi connectivity index (χ0v) is 19.0. The lowest BCUT2D eigenvalue weighted by Gasteiger charge is -2.40. The normalized spacial score (nSPS) is 17.7. The topological polar surface area (TPSA) is 57.5 Å². The summed E-state index contributed by atoms with van der Waals surface area (Å²) in [5.74, 6) is 2.45. The van der Waals surface area contributed by atoms with Crippen molar-refractivity contribution in [3.63, 3.8) is 0 Å². The lowest BCUT2D eigenvalue weighted by atomic mass is 9.99. The van der Waals surface area contributed by atoms with Crippen molar-refractivity contribution < 1.29 is 4.79 Å². The SMILES string of the molecule is Cc1cc(N2CCN(C(C)(C)C)C2=O)cc(N2CC(c3nc4ccccc4n3C)C2)n1. The Kier molecular flexibility index (Phi) is 4.46. The molecule has 1 aromatic carbocycles. The molecule has 2 aromatic heterocycles. The Balaban J connectivity index is 1.35. The lowest BCUT2D eigenvalue weighted by molar-refractivity contribution is 0.173. The number of aromatic nitrogens is 3. The van der Waals surface area contributed by atoms with Gasteiger partial charge in [-0.15, -0.1) is 0 Å². The summed E-state index contributed by atoms with van der Waals surface area (Å²) in [4.78, 5) is 28.7. The van der Waals surface area contributed by atoms with Crippen molar-refractivity contribution in [3.8, 4) is 0 Å². The number of nitrogens with zero attached hydrogens (tertiary/aromatic N) is 6. The van der Waals surface area contributed by atoms with Crippen LogP contribution in [0.1, 0.15) is 38.2 Å². The number of urea groups is 1. The van der Waals surface area contributed by atoms with Crippen LogP contribution in [0.2, 0.25) is 0 Å². The largest absolute Gasteiger partial charge is 0.355 e. The number of hydrogen-bond acceptors (Lipinski definition) is 4. The van der Waals surface area contributed by atoms with Crippen LogP contribution >= 0.6 is 0 Å². The molecule has 162 valence electrons. The van der Waals surface area contributed by atoms with E-state index in [1.807, 2.05) is 28.9 Å². The van der Waals surface area contributed by atoms with E-state index < -0.39 is 0 Å². The molecule has 0 saturated carbocycles. The molecule has 0 unspecified atom stereocenters. The first-order valence-electron chi connectivity index (χ1n) is 11.0. The summed E-state index contributed by atoms with van der Waals surface area (Å²) < 4.78 is 2.20. The fourth-order valence-corrected chi connectivity index (χ4v) is 4.71. The van der Waals surface area contributed by atoms with E-state index in [0.29, 0.717) is 12.5 Å². The minimum absolute atomic E-state index is 0.0743. The Labute approximate surface area is 183 Å². The van der Waals surface area contributed by atoms with Gasteiger partial charge in [-0.25, -0.2) is 14.8 Å². The van der Waals surface area contributed by atoms with E-state index >= 15 is 0 Å². The summed E-state index contributed by atoms with van der Waals surface area (Å²) in [7, 11) is 2.09. The number of rotatable bonds is 3. The quantitative estimate of drug-likeness (QED) is 0.647. The molecule has 7 heteroatoms. The van der Waals surface area contributed by atoms with Crippen molar-refractivity contribution in [2.75, 3.05) is 36.0 Å². The second kappa shape index (κ2) is 6.97. The maximum absolute atomic E-state index is 13.0. The van der Waals surface area contributed by atoms with E-state index in [4.69, 9.17) is 9.97 Å². The predicted octanol–water partition coefficient (Wildman–Crippen LogP) is 3.92. The minimum Gasteiger partial charge on any atom is -0.355 e. The number of anilines is 2. The van der Waals surface area contributed by atoms with Gasteiger partial charge in [0.2, 0.25) is 0 Å². The zero-order valence-electron chi connectivity index (χ0n) is 19.0. The van der Waals surface area contributed by atoms with Crippen molar-refractivity contribution in [2.45, 2.75) is 39.2 Å². The van der Waals surface area contributed by atoms with Gasteiger partial charge >= 0.3 is 6.03 Å². The highest BCUT2D eigenvalue weighted by Gasteiger charge is 2.37. The summed E-state index contributed by atoms with van der Waals surface area (Å²) in [5, 5.41) is 0. The first-order valence-corrected chi connectivity index (χ1v) is 11.0. The van der Waals surface area contributed by atoms with Crippen LogP contribution in [0.4, 0.5) is 16.3 Å². The molecule has 0 aliphatic carbocycles. The van der Waals surface area contributed by atoms with Gasteiger partial charge in [-0.2, -0.15) is 0 Å². The Bertz CT molecular complexity index is 1150. The highest BCUT2D eigenvalue weighted by molar-refractivity contribution is 5.95. The van der Waals surface area contributed by atoms with Crippen LogP contribution in [0.15, 0.2) is 36.4 Å². The number of para-hydroxylation sites is 2. The van der Waals surface area contributed by atoms with Gasteiger partial charge in [-0.05, 0) is 45.9 Å². The number of benzene rings is 1. The summed E-state index contributed by atoms with van der Waals surface area (Å²) in [6, 6.07) is 12.4. The maximum atomic E-state index is 13.0. The molecule has 2 aliphatic rings. The molecule has 3 aromatic rings. The van der Waals surface area contributed by atoms with Crippen LogP contribution < -0.4 is 9.80 Å². The van der Waals surface area contributed by atoms with Crippen LogP contribution in [-0.2, 0) is 7.05 Å². The number of hydrogen-bond donors (Lipinski definition) is 0. The van der Waals surface area contributed by atoms with E-state index in [9.17, 15) is 4.79 Å². The average Bonchev–Trinajstić information content (AvgIpc) is 3.21. The highest BCUT2D eigenvalue weighted by Crippen LogP contribution is 2.34. The second-order valence-corrected chi connectivity index (χ2v) is 9.70. The molecule has 0 bridgehead atoms. The lowest BCUT2D eigenvalue weighted by Crippen LogP contribution is -2.46. The summed E-state index contributed by atoms with van der Waals surface area (Å²) in [6.45, 7) is 11.5. The highest BCUT2D eigenvalue weighted by atomic mass is 16.2. The van der Waals surface area contributed by atoms with Crippen LogP contribution in [0, 0.1) is 6.92 Å². The average molecular weight is 419 g/mol. The van der Waals surface area contributed by atoms with E-state index in [-0.39, 0.29) is 11.6 Å². The summed E-state index contributed by atoms with van der Waals surface area (Å²) in [5.41, 5.74) is 3.91. The van der Waals surface area contributed by atoms with Gasteiger partial charge in [0.05, 0.1) is 22.6 Å². The first-order chi connectivity index (χ1) is 14.7. The van der Waals surface area contributed by atoms with Gasteiger partial charge in [0, 0.05) is 50.5 Å². The predicted molar refractivity (Wildman–Crippen MR) is 124 cm³/mol. The first kappa shape index (κ1) is 19.8. The van der Waals surface area contributed by atoms with Crippen molar-refractivity contribution in [3.05, 3.63) is 47.9 Å². The van der Waals surface area contributed by atoms with Crippen LogP contribution in [-0.4, -0.2) is 57.2 Å².